The normalized spacial score (nSPS) is 14.5. The fraction of sp³-hybridized carbons (Fsp3) is 0.598. The fourth-order valence-corrected chi connectivity index (χ4v) is 16.0. The number of nitrogens with zero attached hydrogens (tertiary/aromatic N) is 8. The van der Waals surface area contributed by atoms with Crippen LogP contribution >= 0.6 is 11.8 Å². The molecule has 137 heavy (non-hydrogen) atoms. The number of unbranched alkanes of at least 4 members (excludes halogenated alkanes) is 20. The van der Waals surface area contributed by atoms with Gasteiger partial charge >= 0.3 is 0 Å². The summed E-state index contributed by atoms with van der Waals surface area (Å²) in [7, 11) is 0. The van der Waals surface area contributed by atoms with Gasteiger partial charge < -0.3 is 123 Å². The Hall–Kier alpha value is -12.5. The van der Waals surface area contributed by atoms with Crippen LogP contribution in [-0.2, 0) is 123 Å². The molecule has 0 aliphatic rings. The number of Topliss-reactive ketones (excluding diaryl/α,β-unsaturated/α-hetero) is 2. The van der Waals surface area contributed by atoms with Crippen LogP contribution in [0.5, 0.6) is 0 Å². The van der Waals surface area contributed by atoms with Crippen LogP contribution in [0.3, 0.4) is 0 Å². The van der Waals surface area contributed by atoms with E-state index in [4.69, 9.17) is 15.2 Å². The highest BCUT2D eigenvalue weighted by atomic mass is 32.2. The first-order valence-electron chi connectivity index (χ1n) is 47.6. The highest BCUT2D eigenvalue weighted by Crippen LogP contribution is 2.22. The summed E-state index contributed by atoms with van der Waals surface area (Å²) in [4.78, 5) is 242. The Bertz CT molecular complexity index is 4780. The molecule has 0 radical (unpaired) electrons. The number of aldehydes is 1. The average molecular weight is 1930 g/mol. The van der Waals surface area contributed by atoms with Crippen molar-refractivity contribution < 1.29 is 82.0 Å². The number of nitrogens with two attached hydrogens (primary N) is 1. The lowest BCUT2D eigenvalue weighted by Crippen LogP contribution is -2.62. The summed E-state index contributed by atoms with van der Waals surface area (Å²) in [5, 5.41) is 47.3. The third-order valence-electron chi connectivity index (χ3n) is 23.5. The van der Waals surface area contributed by atoms with Gasteiger partial charge in [0.25, 0.3) is 0 Å². The van der Waals surface area contributed by atoms with Crippen LogP contribution in [0.2, 0.25) is 0 Å². The zero-order valence-electron chi connectivity index (χ0n) is 78.6. The van der Waals surface area contributed by atoms with E-state index in [0.29, 0.717) is 53.3 Å². The smallest absolute Gasteiger partial charge is 0.245 e. The lowest BCUT2D eigenvalue weighted by atomic mass is 9.97. The largest absolute Gasteiger partial charge is 0.394 e. The van der Waals surface area contributed by atoms with E-state index in [-0.39, 0.29) is 98.5 Å². The van der Waals surface area contributed by atoms with Gasteiger partial charge in [-0.15, -0.1) is 11.8 Å². The summed E-state index contributed by atoms with van der Waals surface area (Å²) < 4.78 is 12.0. The van der Waals surface area contributed by atoms with Crippen LogP contribution < -0.4 is 58.9 Å². The number of thioether (sulfide) groups is 1. The lowest BCUT2D eigenvalue weighted by Gasteiger charge is -2.28. The number of aromatic nitrogens is 16. The third-order valence-corrected chi connectivity index (χ3v) is 24.4. The van der Waals surface area contributed by atoms with Gasteiger partial charge in [0, 0.05) is 164 Å². The number of ether oxygens (including phenoxy) is 2. The molecule has 8 aromatic heterocycles. The van der Waals surface area contributed by atoms with Crippen molar-refractivity contribution in [3.8, 4) is 0 Å². The molecular weight excluding hydrogens is 1790 g/mol. The molecule has 0 spiro atoms. The monoisotopic (exact) mass is 1930 g/mol. The standard InChI is InChI=1S/C92H139N27O17S/c1-5-7-9-11-13-15-17-19-21-23-25-27-59(3)80(123)48-135-92(81(124)60(4)28-26-24-22-20-18-16-14-12-10-8-6-2)136-58-137-49-70(93)82(125)118-78(46-121)91(134)119-79(47-122)90(133)117-77(36-68-44-101-57-109-68)89(132)116-76(35-67-43-100-56-108-67)88(131)115-75(34-66-42-99-55-107-66)87(130)114-74(33-65-41-98-54-106-65)86(129)113-73(32-64-40-97-53-105-64)85(128)112-72(31-63-39-96-52-104-63)84(127)111-71(30-62-38-95-51-103-62)83(126)110-69(45-120)29-61-37-94-50-102-61/h37-45,50-57,59-60,69-79,92,121-122H,5-36,46-49,58,93H2,1-4H3,(H,94,102)(H,95,103)(H,96,104)(H,97,105)(H,98,106)(H,99,107)(H,100,108)(H,101,109)(H,110,126)(H,111,127)(H,112,128)(H,113,129)(H,114,130)(H,115,131)(H,116,132)(H,117,133)(H,118,125)(H,119,134)/t59?,60?,69-,70?,71-,72-,73-,74-,75-,76-,77-,78-,79-,92?/m0/s1. The molecule has 4 unspecified atom stereocenters. The summed E-state index contributed by atoms with van der Waals surface area (Å²) in [6, 6.07) is -17.0. The molecule has 8 heterocycles. The predicted octanol–water partition coefficient (Wildman–Crippen LogP) is 2.93. The predicted molar refractivity (Wildman–Crippen MR) is 504 cm³/mol. The number of imidazole rings is 8. The van der Waals surface area contributed by atoms with Gasteiger partial charge in [-0.05, 0) is 12.8 Å². The van der Waals surface area contributed by atoms with Crippen molar-refractivity contribution >= 4 is 88.7 Å². The minimum Gasteiger partial charge on any atom is -0.394 e. The Morgan fingerprint density at radius 1 is 0.336 bits per heavy atom. The van der Waals surface area contributed by atoms with E-state index < -0.39 is 151 Å². The van der Waals surface area contributed by atoms with Gasteiger partial charge in [0.2, 0.25) is 65.4 Å². The van der Waals surface area contributed by atoms with Crippen LogP contribution in [0.1, 0.15) is 227 Å². The van der Waals surface area contributed by atoms with Crippen LogP contribution in [0, 0.1) is 11.8 Å². The first kappa shape index (κ1) is 110. The van der Waals surface area contributed by atoms with Crippen molar-refractivity contribution in [2.45, 2.75) is 306 Å². The van der Waals surface area contributed by atoms with E-state index in [1.165, 1.54) is 197 Å². The molecule has 10 amide bonds. The van der Waals surface area contributed by atoms with E-state index in [0.717, 1.165) is 56.7 Å². The van der Waals surface area contributed by atoms with Gasteiger partial charge in [0.15, 0.2) is 11.6 Å². The summed E-state index contributed by atoms with van der Waals surface area (Å²) in [6.45, 7) is 5.66. The van der Waals surface area contributed by atoms with Crippen LogP contribution in [0.4, 0.5) is 0 Å². The van der Waals surface area contributed by atoms with Gasteiger partial charge in [-0.3, -0.25) is 57.5 Å². The minimum atomic E-state index is -1.86. The number of hydrogen-bond acceptors (Lipinski definition) is 27. The van der Waals surface area contributed by atoms with Crippen molar-refractivity contribution in [3.05, 3.63) is 146 Å². The first-order chi connectivity index (χ1) is 66.4. The number of rotatable bonds is 74. The second-order valence-corrected chi connectivity index (χ2v) is 35.6. The number of carbonyl (C=O) groups excluding carboxylic acids is 13. The molecule has 0 bridgehead atoms. The van der Waals surface area contributed by atoms with Crippen molar-refractivity contribution in [1.82, 2.24) is 133 Å². The van der Waals surface area contributed by atoms with Gasteiger partial charge in [-0.1, -0.05) is 169 Å². The Balaban J connectivity index is 0.905. The van der Waals surface area contributed by atoms with Crippen molar-refractivity contribution in [2.75, 3.05) is 31.5 Å². The third kappa shape index (κ3) is 40.8. The van der Waals surface area contributed by atoms with E-state index in [1.54, 1.807) is 0 Å². The van der Waals surface area contributed by atoms with Gasteiger partial charge in [0.05, 0.1) is 81.9 Å². The Morgan fingerprint density at radius 3 is 0.839 bits per heavy atom. The Kier molecular flexibility index (Phi) is 50.0. The molecule has 45 heteroatoms. The zero-order chi connectivity index (χ0) is 98.3. The lowest BCUT2D eigenvalue weighted by molar-refractivity contribution is -0.172. The molecule has 22 N–H and O–H groups in total. The number of carbonyl (C=O) groups is 13. The number of H-pyrrole nitrogens is 8. The number of ketones is 2. The average Bonchev–Trinajstić information content (AvgIpc) is 1.42. The topological polar surface area (TPSA) is 657 Å². The molecule has 0 fully saturated rings. The molecule has 0 saturated carbocycles. The second-order valence-electron chi connectivity index (χ2n) is 34.6. The maximum Gasteiger partial charge on any atom is 0.245 e. The highest BCUT2D eigenvalue weighted by Gasteiger charge is 2.39. The Morgan fingerprint density at radius 2 is 0.577 bits per heavy atom. The molecular formula is C92H139N27O17S. The summed E-state index contributed by atoms with van der Waals surface area (Å²) in [6.07, 6.45) is 46.0. The van der Waals surface area contributed by atoms with Gasteiger partial charge in [-0.25, -0.2) is 39.9 Å². The van der Waals surface area contributed by atoms with Gasteiger partial charge in [-0.2, -0.15) is 0 Å². The summed E-state index contributed by atoms with van der Waals surface area (Å²) in [5.41, 5.74) is 9.15. The fourth-order valence-electron chi connectivity index (χ4n) is 15.3. The van der Waals surface area contributed by atoms with E-state index in [1.807, 2.05) is 13.8 Å². The van der Waals surface area contributed by atoms with Crippen LogP contribution in [-0.4, -0.2) is 271 Å². The van der Waals surface area contributed by atoms with E-state index in [9.17, 15) is 53.4 Å². The van der Waals surface area contributed by atoms with E-state index in [2.05, 4.69) is 147 Å². The van der Waals surface area contributed by atoms with E-state index >= 15 is 19.2 Å². The number of aliphatic hydroxyl groups is 2. The second kappa shape index (κ2) is 62.3. The maximum absolute atomic E-state index is 15.2. The van der Waals surface area contributed by atoms with Crippen LogP contribution in [0.25, 0.3) is 0 Å². The number of aromatic amines is 8. The van der Waals surface area contributed by atoms with Gasteiger partial charge in [0.1, 0.15) is 67.3 Å². The van der Waals surface area contributed by atoms with Crippen LogP contribution in [0.15, 0.2) is 100 Å². The molecule has 8 rings (SSSR count). The molecule has 0 saturated heterocycles. The number of amides is 10. The first-order valence-corrected chi connectivity index (χ1v) is 48.7. The molecule has 14 atom stereocenters. The number of hydrogen-bond donors (Lipinski definition) is 21. The molecule has 8 aromatic rings. The Labute approximate surface area is 800 Å². The SMILES string of the molecule is CCCCCCCCCCCCCC(C)C(=O)COC(OCSCC(N)C(=O)N[C@@H](CO)C(=O)N[C@@H](CO)C(=O)N[C@@H](Cc1cnc[nH]1)C(=O)N[C@@H](Cc1cnc[nH]1)C(=O)N[C@@H](Cc1cnc[nH]1)C(=O)N[C@@H](Cc1cnc[nH]1)C(=O)N[C@@H](Cc1cnc[nH]1)C(=O)N[C@@H](Cc1cnc[nH]1)C(=O)N[C@@H](Cc1cnc[nH]1)C(=O)N[C@H](C=O)Cc1cnc[nH]1)C(=O)C(C)CCCCCCCCCCCCC. The van der Waals surface area contributed by atoms with Crippen molar-refractivity contribution in [2.24, 2.45) is 17.6 Å². The number of aliphatic hydroxyl groups excluding tert-OH is 2. The molecule has 44 nitrogen and oxygen atoms in total. The maximum atomic E-state index is 15.2. The molecule has 0 aliphatic carbocycles. The number of nitrogens with one attached hydrogen (secondary N) is 18. The van der Waals surface area contributed by atoms with Crippen molar-refractivity contribution in [3.63, 3.8) is 0 Å². The van der Waals surface area contributed by atoms with Crippen molar-refractivity contribution in [1.29, 1.82) is 0 Å². The molecule has 0 aliphatic heterocycles. The molecule has 0 aromatic carbocycles. The minimum absolute atomic E-state index is 0.0357. The summed E-state index contributed by atoms with van der Waals surface area (Å²) in [5.74, 6) is -11.4. The summed E-state index contributed by atoms with van der Waals surface area (Å²) >= 11 is 1.03. The quantitative estimate of drug-likeness (QED) is 0.0148. The zero-order valence-corrected chi connectivity index (χ0v) is 79.5. The highest BCUT2D eigenvalue weighted by molar-refractivity contribution is 7.99. The molecule has 750 valence electrons.